The van der Waals surface area contributed by atoms with Gasteiger partial charge in [0.15, 0.2) is 0 Å². The van der Waals surface area contributed by atoms with Gasteiger partial charge in [-0.1, -0.05) is 42.5 Å². The Morgan fingerprint density at radius 1 is 1.00 bits per heavy atom. The first kappa shape index (κ1) is 18.5. The van der Waals surface area contributed by atoms with Crippen LogP contribution in [-0.4, -0.2) is 25.2 Å². The summed E-state index contributed by atoms with van der Waals surface area (Å²) in [7, 11) is 4.07. The van der Waals surface area contributed by atoms with Crippen molar-refractivity contribution in [3.05, 3.63) is 65.7 Å². The molecule has 4 heteroatoms. The molecular formula is C18H25ClN2O. The van der Waals surface area contributed by atoms with Gasteiger partial charge in [-0.2, -0.15) is 0 Å². The molecule has 0 spiro atoms. The standard InChI is InChI=1S/C18H24N2O.ClH/c1-14(18(21)16-7-5-4-6-8-16)19-13-15-9-11-17(12-10-15)20(2)3;/h4-12,14,18-19,21H,13H2,1-3H3;1H. The molecule has 0 bridgehead atoms. The minimum atomic E-state index is -0.493. The Hall–Kier alpha value is -1.55. The second kappa shape index (κ2) is 8.79. The Labute approximate surface area is 139 Å². The van der Waals surface area contributed by atoms with E-state index < -0.39 is 6.10 Å². The van der Waals surface area contributed by atoms with E-state index in [1.54, 1.807) is 0 Å². The molecule has 0 heterocycles. The normalized spacial score (nSPS) is 13.1. The van der Waals surface area contributed by atoms with E-state index in [1.165, 1.54) is 11.3 Å². The summed E-state index contributed by atoms with van der Waals surface area (Å²) >= 11 is 0. The van der Waals surface area contributed by atoms with Crippen LogP contribution in [0.5, 0.6) is 0 Å². The van der Waals surface area contributed by atoms with Gasteiger partial charge in [-0.3, -0.25) is 0 Å². The fourth-order valence-electron chi connectivity index (χ4n) is 2.24. The first-order chi connectivity index (χ1) is 10.1. The van der Waals surface area contributed by atoms with Crippen LogP contribution in [0, 0.1) is 0 Å². The van der Waals surface area contributed by atoms with Crippen LogP contribution in [0.3, 0.4) is 0 Å². The molecule has 22 heavy (non-hydrogen) atoms. The predicted molar refractivity (Wildman–Crippen MR) is 95.7 cm³/mol. The molecule has 0 saturated carbocycles. The number of hydrogen-bond acceptors (Lipinski definition) is 3. The highest BCUT2D eigenvalue weighted by Gasteiger charge is 2.15. The van der Waals surface area contributed by atoms with Crippen molar-refractivity contribution in [3.8, 4) is 0 Å². The van der Waals surface area contributed by atoms with E-state index in [1.807, 2.05) is 51.4 Å². The van der Waals surface area contributed by atoms with E-state index in [2.05, 4.69) is 34.5 Å². The Balaban J connectivity index is 0.00000242. The number of nitrogens with zero attached hydrogens (tertiary/aromatic N) is 1. The fraction of sp³-hybridized carbons (Fsp3) is 0.333. The Bertz CT molecular complexity index is 543. The second-order valence-electron chi connectivity index (χ2n) is 5.59. The smallest absolute Gasteiger partial charge is 0.0940 e. The van der Waals surface area contributed by atoms with E-state index in [0.717, 1.165) is 12.1 Å². The number of benzene rings is 2. The molecule has 2 atom stereocenters. The van der Waals surface area contributed by atoms with E-state index in [9.17, 15) is 5.11 Å². The summed E-state index contributed by atoms with van der Waals surface area (Å²) in [5.41, 5.74) is 3.35. The zero-order chi connectivity index (χ0) is 15.2. The molecule has 0 aromatic heterocycles. The van der Waals surface area contributed by atoms with Gasteiger partial charge in [0, 0.05) is 32.4 Å². The van der Waals surface area contributed by atoms with Gasteiger partial charge in [-0.15, -0.1) is 12.4 Å². The molecule has 2 rings (SSSR count). The highest BCUT2D eigenvalue weighted by molar-refractivity contribution is 5.85. The zero-order valence-electron chi connectivity index (χ0n) is 13.4. The Kier molecular flexibility index (Phi) is 7.39. The molecule has 0 amide bonds. The summed E-state index contributed by atoms with van der Waals surface area (Å²) in [4.78, 5) is 2.08. The third-order valence-electron chi connectivity index (χ3n) is 3.70. The van der Waals surface area contributed by atoms with Gasteiger partial charge in [0.2, 0.25) is 0 Å². The first-order valence-corrected chi connectivity index (χ1v) is 7.30. The molecule has 0 fully saturated rings. The van der Waals surface area contributed by atoms with Gasteiger partial charge in [-0.25, -0.2) is 0 Å². The van der Waals surface area contributed by atoms with Crippen molar-refractivity contribution < 1.29 is 5.11 Å². The van der Waals surface area contributed by atoms with E-state index >= 15 is 0 Å². The molecule has 2 unspecified atom stereocenters. The number of aliphatic hydroxyl groups excluding tert-OH is 1. The Morgan fingerprint density at radius 2 is 1.59 bits per heavy atom. The second-order valence-corrected chi connectivity index (χ2v) is 5.59. The molecule has 0 aliphatic rings. The minimum Gasteiger partial charge on any atom is -0.387 e. The molecule has 0 saturated heterocycles. The molecule has 2 aromatic rings. The third kappa shape index (κ3) is 5.02. The SMILES string of the molecule is CC(NCc1ccc(N(C)C)cc1)C(O)c1ccccc1.Cl. The van der Waals surface area contributed by atoms with Crippen molar-refractivity contribution in [1.29, 1.82) is 0 Å². The zero-order valence-corrected chi connectivity index (χ0v) is 14.2. The molecule has 0 radical (unpaired) electrons. The number of nitrogens with one attached hydrogen (secondary N) is 1. The maximum Gasteiger partial charge on any atom is 0.0940 e. The number of anilines is 1. The van der Waals surface area contributed by atoms with Crippen molar-refractivity contribution in [1.82, 2.24) is 5.32 Å². The summed E-state index contributed by atoms with van der Waals surface area (Å²) in [5.74, 6) is 0. The summed E-state index contributed by atoms with van der Waals surface area (Å²) in [6.07, 6.45) is -0.493. The molecule has 120 valence electrons. The van der Waals surface area contributed by atoms with Crippen LogP contribution in [0.2, 0.25) is 0 Å². The van der Waals surface area contributed by atoms with E-state index in [0.29, 0.717) is 0 Å². The minimum absolute atomic E-state index is 0. The summed E-state index contributed by atoms with van der Waals surface area (Å²) in [6, 6.07) is 18.2. The quantitative estimate of drug-likeness (QED) is 0.856. The molecule has 0 aliphatic heterocycles. The van der Waals surface area contributed by atoms with Crippen LogP contribution >= 0.6 is 12.4 Å². The van der Waals surface area contributed by atoms with Gasteiger partial charge in [0.05, 0.1) is 6.10 Å². The topological polar surface area (TPSA) is 35.5 Å². The summed E-state index contributed by atoms with van der Waals surface area (Å²) in [6.45, 7) is 2.75. The van der Waals surface area contributed by atoms with Gasteiger partial charge in [-0.05, 0) is 30.2 Å². The van der Waals surface area contributed by atoms with Crippen LogP contribution in [-0.2, 0) is 6.54 Å². The van der Waals surface area contributed by atoms with Gasteiger partial charge < -0.3 is 15.3 Å². The predicted octanol–water partition coefficient (Wildman–Crippen LogP) is 3.39. The fourth-order valence-corrected chi connectivity index (χ4v) is 2.24. The summed E-state index contributed by atoms with van der Waals surface area (Å²) < 4.78 is 0. The average molecular weight is 321 g/mol. The first-order valence-electron chi connectivity index (χ1n) is 7.30. The largest absolute Gasteiger partial charge is 0.387 e. The lowest BCUT2D eigenvalue weighted by Gasteiger charge is -2.21. The summed E-state index contributed by atoms with van der Waals surface area (Å²) in [5, 5.41) is 13.7. The molecular weight excluding hydrogens is 296 g/mol. The van der Waals surface area contributed by atoms with Crippen molar-refractivity contribution in [2.75, 3.05) is 19.0 Å². The number of rotatable bonds is 6. The van der Waals surface area contributed by atoms with Crippen LogP contribution in [0.4, 0.5) is 5.69 Å². The Morgan fingerprint density at radius 3 is 2.14 bits per heavy atom. The van der Waals surface area contributed by atoms with Crippen molar-refractivity contribution in [2.24, 2.45) is 0 Å². The monoisotopic (exact) mass is 320 g/mol. The maximum absolute atomic E-state index is 10.3. The van der Waals surface area contributed by atoms with E-state index in [4.69, 9.17) is 0 Å². The molecule has 2 N–H and O–H groups in total. The average Bonchev–Trinajstić information content (AvgIpc) is 2.53. The number of halogens is 1. The van der Waals surface area contributed by atoms with Crippen molar-refractivity contribution in [3.63, 3.8) is 0 Å². The van der Waals surface area contributed by atoms with E-state index in [-0.39, 0.29) is 18.4 Å². The molecule has 3 nitrogen and oxygen atoms in total. The van der Waals surface area contributed by atoms with Crippen LogP contribution in [0.15, 0.2) is 54.6 Å². The number of hydrogen-bond donors (Lipinski definition) is 2. The van der Waals surface area contributed by atoms with Gasteiger partial charge in [0.25, 0.3) is 0 Å². The highest BCUT2D eigenvalue weighted by Crippen LogP contribution is 2.17. The van der Waals surface area contributed by atoms with Crippen LogP contribution in [0.1, 0.15) is 24.2 Å². The molecule has 2 aromatic carbocycles. The maximum atomic E-state index is 10.3. The van der Waals surface area contributed by atoms with Gasteiger partial charge >= 0.3 is 0 Å². The highest BCUT2D eigenvalue weighted by atomic mass is 35.5. The lowest BCUT2D eigenvalue weighted by molar-refractivity contribution is 0.135. The number of aliphatic hydroxyl groups is 1. The lowest BCUT2D eigenvalue weighted by atomic mass is 10.0. The van der Waals surface area contributed by atoms with Crippen LogP contribution in [0.25, 0.3) is 0 Å². The van der Waals surface area contributed by atoms with Gasteiger partial charge in [0.1, 0.15) is 0 Å². The third-order valence-corrected chi connectivity index (χ3v) is 3.70. The van der Waals surface area contributed by atoms with Crippen molar-refractivity contribution in [2.45, 2.75) is 25.6 Å². The van der Waals surface area contributed by atoms with Crippen molar-refractivity contribution >= 4 is 18.1 Å². The lowest BCUT2D eigenvalue weighted by Crippen LogP contribution is -2.31. The van der Waals surface area contributed by atoms with Crippen LogP contribution < -0.4 is 10.2 Å². The molecule has 0 aliphatic carbocycles.